The van der Waals surface area contributed by atoms with Crippen LogP contribution in [-0.4, -0.2) is 30.6 Å². The van der Waals surface area contributed by atoms with Gasteiger partial charge in [0.2, 0.25) is 0 Å². The molecule has 0 aliphatic carbocycles. The molecule has 1 atom stereocenters. The molecule has 0 saturated carbocycles. The Morgan fingerprint density at radius 1 is 1.23 bits per heavy atom. The van der Waals surface area contributed by atoms with E-state index < -0.39 is 0 Å². The topological polar surface area (TPSA) is 54.9 Å². The summed E-state index contributed by atoms with van der Waals surface area (Å²) in [4.78, 5) is 0. The molecule has 1 saturated heterocycles. The lowest BCUT2D eigenvalue weighted by atomic mass is 10.2. The number of hydrogen-bond acceptors (Lipinski definition) is 4. The molecule has 0 bridgehead atoms. The molecule has 2 aromatic rings. The van der Waals surface area contributed by atoms with E-state index in [0.717, 1.165) is 36.3 Å². The van der Waals surface area contributed by atoms with Crippen LogP contribution in [0.1, 0.15) is 24.0 Å². The highest BCUT2D eigenvalue weighted by molar-refractivity contribution is 7.80. The first-order chi connectivity index (χ1) is 12.8. The molecule has 136 valence electrons. The van der Waals surface area contributed by atoms with E-state index in [1.807, 2.05) is 54.6 Å². The summed E-state index contributed by atoms with van der Waals surface area (Å²) in [6, 6.07) is 17.9. The zero-order valence-electron chi connectivity index (χ0n) is 14.6. The summed E-state index contributed by atoms with van der Waals surface area (Å²) in [6.45, 7) is 2.09. The van der Waals surface area contributed by atoms with E-state index in [1.54, 1.807) is 6.21 Å². The third kappa shape index (κ3) is 6.13. The molecule has 1 fully saturated rings. The third-order valence-corrected chi connectivity index (χ3v) is 4.24. The van der Waals surface area contributed by atoms with Crippen LogP contribution in [0.2, 0.25) is 0 Å². The number of hydrogen-bond donors (Lipinski definition) is 2. The monoisotopic (exact) mass is 369 g/mol. The molecule has 5 nitrogen and oxygen atoms in total. The fraction of sp³-hybridized carbons (Fsp3) is 0.300. The van der Waals surface area contributed by atoms with Crippen molar-refractivity contribution >= 4 is 23.5 Å². The minimum atomic E-state index is 0.247. The summed E-state index contributed by atoms with van der Waals surface area (Å²) in [6.07, 6.45) is 4.16. The average Bonchev–Trinajstić information content (AvgIpc) is 3.20. The quantitative estimate of drug-likeness (QED) is 0.446. The highest BCUT2D eigenvalue weighted by atomic mass is 32.1. The number of thiocarbonyl (C=S) groups is 1. The van der Waals surface area contributed by atoms with Crippen molar-refractivity contribution in [3.8, 4) is 5.75 Å². The first kappa shape index (κ1) is 18.4. The third-order valence-electron chi connectivity index (χ3n) is 4.00. The Bertz CT molecular complexity index is 731. The van der Waals surface area contributed by atoms with E-state index in [-0.39, 0.29) is 6.10 Å². The van der Waals surface area contributed by atoms with Gasteiger partial charge in [0.15, 0.2) is 5.11 Å². The van der Waals surface area contributed by atoms with Gasteiger partial charge in [0.25, 0.3) is 0 Å². The molecular formula is C20H23N3O2S. The lowest BCUT2D eigenvalue weighted by Gasteiger charge is -2.11. The summed E-state index contributed by atoms with van der Waals surface area (Å²) in [7, 11) is 0. The number of rotatable bonds is 7. The summed E-state index contributed by atoms with van der Waals surface area (Å²) in [5, 5.41) is 7.78. The Kier molecular flexibility index (Phi) is 6.98. The van der Waals surface area contributed by atoms with E-state index in [4.69, 9.17) is 21.7 Å². The van der Waals surface area contributed by atoms with Gasteiger partial charge < -0.3 is 14.8 Å². The molecule has 1 unspecified atom stereocenters. The molecule has 0 radical (unpaired) electrons. The van der Waals surface area contributed by atoms with Gasteiger partial charge in [-0.05, 0) is 48.3 Å². The Morgan fingerprint density at radius 3 is 2.92 bits per heavy atom. The second-order valence-corrected chi connectivity index (χ2v) is 6.47. The number of benzene rings is 2. The van der Waals surface area contributed by atoms with E-state index in [2.05, 4.69) is 15.8 Å². The van der Waals surface area contributed by atoms with Crippen LogP contribution in [0, 0.1) is 0 Å². The molecule has 1 aliphatic rings. The van der Waals surface area contributed by atoms with Crippen LogP contribution < -0.4 is 15.5 Å². The maximum atomic E-state index is 5.82. The fourth-order valence-corrected chi connectivity index (χ4v) is 2.78. The van der Waals surface area contributed by atoms with Crippen LogP contribution >= 0.6 is 12.2 Å². The molecule has 0 spiro atoms. The summed E-state index contributed by atoms with van der Waals surface area (Å²) in [5.74, 6) is 0.803. The minimum absolute atomic E-state index is 0.247. The van der Waals surface area contributed by atoms with E-state index in [1.165, 1.54) is 0 Å². The van der Waals surface area contributed by atoms with Crippen LogP contribution in [0.15, 0.2) is 59.7 Å². The van der Waals surface area contributed by atoms with E-state index in [9.17, 15) is 0 Å². The Hall–Kier alpha value is -2.44. The van der Waals surface area contributed by atoms with Gasteiger partial charge in [-0.15, -0.1) is 0 Å². The number of nitrogens with zero attached hydrogens (tertiary/aromatic N) is 1. The first-order valence-electron chi connectivity index (χ1n) is 8.75. The molecule has 2 N–H and O–H groups in total. The normalized spacial score (nSPS) is 16.5. The molecule has 1 heterocycles. The molecule has 2 aromatic carbocycles. The maximum absolute atomic E-state index is 5.82. The van der Waals surface area contributed by atoms with Crippen molar-refractivity contribution in [2.24, 2.45) is 5.10 Å². The summed E-state index contributed by atoms with van der Waals surface area (Å²) in [5.41, 5.74) is 4.90. The number of ether oxygens (including phenoxy) is 2. The first-order valence-corrected chi connectivity index (χ1v) is 9.16. The van der Waals surface area contributed by atoms with Crippen LogP contribution in [0.25, 0.3) is 0 Å². The molecule has 1 aliphatic heterocycles. The van der Waals surface area contributed by atoms with Gasteiger partial charge in [0.1, 0.15) is 12.4 Å². The molecule has 26 heavy (non-hydrogen) atoms. The zero-order chi connectivity index (χ0) is 18.0. The average molecular weight is 369 g/mol. The fourth-order valence-electron chi connectivity index (χ4n) is 2.64. The van der Waals surface area contributed by atoms with Crippen molar-refractivity contribution in [2.75, 3.05) is 13.2 Å². The molecule has 0 amide bonds. The SMILES string of the molecule is S=C(NCC1CCCO1)N/N=C/c1cccc(OCc2ccccc2)c1. The predicted octanol–water partition coefficient (Wildman–Crippen LogP) is 3.24. The van der Waals surface area contributed by atoms with Crippen molar-refractivity contribution < 1.29 is 9.47 Å². The highest BCUT2D eigenvalue weighted by Crippen LogP contribution is 2.14. The highest BCUT2D eigenvalue weighted by Gasteiger charge is 2.14. The second kappa shape index (κ2) is 9.89. The molecular weight excluding hydrogens is 346 g/mol. The van der Waals surface area contributed by atoms with Crippen LogP contribution in [0.5, 0.6) is 5.75 Å². The van der Waals surface area contributed by atoms with Crippen LogP contribution in [0.4, 0.5) is 0 Å². The lowest BCUT2D eigenvalue weighted by Crippen LogP contribution is -2.37. The van der Waals surface area contributed by atoms with Gasteiger partial charge in [0, 0.05) is 13.2 Å². The van der Waals surface area contributed by atoms with E-state index in [0.29, 0.717) is 18.3 Å². The predicted molar refractivity (Wildman–Crippen MR) is 108 cm³/mol. The summed E-state index contributed by atoms with van der Waals surface area (Å²) >= 11 is 5.21. The molecule has 0 aromatic heterocycles. The van der Waals surface area contributed by atoms with Gasteiger partial charge in [-0.25, -0.2) is 0 Å². The van der Waals surface area contributed by atoms with Gasteiger partial charge >= 0.3 is 0 Å². The lowest BCUT2D eigenvalue weighted by molar-refractivity contribution is 0.114. The second-order valence-electron chi connectivity index (χ2n) is 6.06. The number of nitrogens with one attached hydrogen (secondary N) is 2. The molecule has 6 heteroatoms. The smallest absolute Gasteiger partial charge is 0.187 e. The van der Waals surface area contributed by atoms with Crippen molar-refractivity contribution in [1.29, 1.82) is 0 Å². The Labute approximate surface area is 159 Å². The summed E-state index contributed by atoms with van der Waals surface area (Å²) < 4.78 is 11.4. The van der Waals surface area contributed by atoms with Gasteiger partial charge in [0.05, 0.1) is 12.3 Å². The van der Waals surface area contributed by atoms with E-state index >= 15 is 0 Å². The van der Waals surface area contributed by atoms with Gasteiger partial charge in [-0.1, -0.05) is 42.5 Å². The number of hydrazone groups is 1. The largest absolute Gasteiger partial charge is 0.489 e. The van der Waals surface area contributed by atoms with Gasteiger partial charge in [-0.3, -0.25) is 5.43 Å². The standard InChI is InChI=1S/C20H23N3O2S/c26-20(21-14-19-10-5-11-24-19)23-22-13-17-8-4-9-18(12-17)25-15-16-6-2-1-3-7-16/h1-4,6-9,12-13,19H,5,10-11,14-15H2,(H2,21,23,26)/b22-13+. The Morgan fingerprint density at radius 2 is 2.12 bits per heavy atom. The van der Waals surface area contributed by atoms with Crippen LogP contribution in [0.3, 0.4) is 0 Å². The minimum Gasteiger partial charge on any atom is -0.489 e. The van der Waals surface area contributed by atoms with Gasteiger partial charge in [-0.2, -0.15) is 5.10 Å². The van der Waals surface area contributed by atoms with Crippen molar-refractivity contribution in [3.63, 3.8) is 0 Å². The van der Waals surface area contributed by atoms with Crippen molar-refractivity contribution in [1.82, 2.24) is 10.7 Å². The molecule has 3 rings (SSSR count). The van der Waals surface area contributed by atoms with Crippen molar-refractivity contribution in [2.45, 2.75) is 25.6 Å². The van der Waals surface area contributed by atoms with Crippen LogP contribution in [-0.2, 0) is 11.3 Å². The van der Waals surface area contributed by atoms with Crippen molar-refractivity contribution in [3.05, 3.63) is 65.7 Å². The zero-order valence-corrected chi connectivity index (χ0v) is 15.4. The maximum Gasteiger partial charge on any atom is 0.187 e. The Balaban J connectivity index is 1.43.